The summed E-state index contributed by atoms with van der Waals surface area (Å²) in [5, 5.41) is 0. The Balaban J connectivity index is 1.35. The second kappa shape index (κ2) is 6.15. The summed E-state index contributed by atoms with van der Waals surface area (Å²) >= 11 is 3.37. The summed E-state index contributed by atoms with van der Waals surface area (Å²) in [7, 11) is 0. The quantitative estimate of drug-likeness (QED) is 0.755. The predicted molar refractivity (Wildman–Crippen MR) is 89.9 cm³/mol. The molecule has 2 aliphatic heterocycles. The first-order valence-electron chi connectivity index (χ1n) is 8.40. The van der Waals surface area contributed by atoms with E-state index < -0.39 is 0 Å². The van der Waals surface area contributed by atoms with Gasteiger partial charge in [-0.3, -0.25) is 9.69 Å². The Kier molecular flexibility index (Phi) is 4.15. The Hall–Kier alpha value is -0.980. The normalized spacial score (nSPS) is 25.1. The number of morpholine rings is 1. The molecule has 0 N–H and O–H groups in total. The van der Waals surface area contributed by atoms with Gasteiger partial charge in [-0.25, -0.2) is 4.98 Å². The lowest BCUT2D eigenvalue weighted by molar-refractivity contribution is -0.172. The third-order valence-corrected chi connectivity index (χ3v) is 5.70. The van der Waals surface area contributed by atoms with E-state index in [0.717, 1.165) is 43.6 Å². The van der Waals surface area contributed by atoms with Crippen LogP contribution in [0.25, 0.3) is 0 Å². The third-order valence-electron chi connectivity index (χ3n) is 5.23. The fourth-order valence-electron chi connectivity index (χ4n) is 3.64. The summed E-state index contributed by atoms with van der Waals surface area (Å²) in [6, 6.07) is 4.60. The molecule has 0 unspecified atom stereocenters. The van der Waals surface area contributed by atoms with Crippen LogP contribution in [0.15, 0.2) is 22.9 Å². The number of hydrogen-bond donors (Lipinski definition) is 0. The Morgan fingerprint density at radius 2 is 2.09 bits per heavy atom. The molecule has 1 saturated carbocycles. The average molecular weight is 380 g/mol. The molecule has 3 fully saturated rings. The second-order valence-corrected chi connectivity index (χ2v) is 7.80. The summed E-state index contributed by atoms with van der Waals surface area (Å²) in [6.07, 6.45) is 6.29. The number of aromatic nitrogens is 1. The van der Waals surface area contributed by atoms with Crippen molar-refractivity contribution in [2.45, 2.75) is 43.9 Å². The number of halogens is 1. The van der Waals surface area contributed by atoms with E-state index >= 15 is 0 Å². The van der Waals surface area contributed by atoms with E-state index in [1.807, 2.05) is 12.3 Å². The molecule has 1 aromatic rings. The van der Waals surface area contributed by atoms with Gasteiger partial charge in [-0.2, -0.15) is 0 Å². The lowest BCUT2D eigenvalue weighted by atomic mass is 9.89. The number of hydrogen-bond acceptors (Lipinski definition) is 4. The number of ether oxygens (including phenoxy) is 1. The summed E-state index contributed by atoms with van der Waals surface area (Å²) in [6.45, 7) is 4.03. The molecule has 1 spiro atoms. The lowest BCUT2D eigenvalue weighted by Crippen LogP contribution is -2.59. The van der Waals surface area contributed by atoms with Crippen LogP contribution in [0.3, 0.4) is 0 Å². The molecule has 3 heterocycles. The van der Waals surface area contributed by atoms with Gasteiger partial charge in [0.05, 0.1) is 12.1 Å². The molecule has 124 valence electrons. The van der Waals surface area contributed by atoms with E-state index in [-0.39, 0.29) is 18.1 Å². The van der Waals surface area contributed by atoms with Gasteiger partial charge >= 0.3 is 0 Å². The van der Waals surface area contributed by atoms with Gasteiger partial charge in [0.15, 0.2) is 0 Å². The smallest absolute Gasteiger partial charge is 0.248 e. The van der Waals surface area contributed by atoms with Crippen molar-refractivity contribution < 1.29 is 9.53 Å². The molecule has 0 atom stereocenters. The topological polar surface area (TPSA) is 45.7 Å². The number of piperidine rings is 1. The Morgan fingerprint density at radius 1 is 1.30 bits per heavy atom. The first kappa shape index (κ1) is 15.5. The van der Waals surface area contributed by atoms with Gasteiger partial charge < -0.3 is 9.64 Å². The maximum absolute atomic E-state index is 12.0. The van der Waals surface area contributed by atoms with Crippen LogP contribution in [-0.4, -0.2) is 58.6 Å². The van der Waals surface area contributed by atoms with E-state index in [9.17, 15) is 4.79 Å². The highest BCUT2D eigenvalue weighted by Crippen LogP contribution is 2.36. The van der Waals surface area contributed by atoms with Crippen LogP contribution >= 0.6 is 15.9 Å². The van der Waals surface area contributed by atoms with Gasteiger partial charge in [0.25, 0.3) is 0 Å². The maximum atomic E-state index is 12.0. The zero-order valence-corrected chi connectivity index (χ0v) is 14.8. The highest BCUT2D eigenvalue weighted by Gasteiger charge is 2.46. The molecule has 0 aromatic carbocycles. The molecule has 6 heteroatoms. The molecular weight excluding hydrogens is 358 g/mol. The van der Waals surface area contributed by atoms with Crippen LogP contribution in [-0.2, 0) is 16.1 Å². The third kappa shape index (κ3) is 3.44. The van der Waals surface area contributed by atoms with Crippen LogP contribution in [0.4, 0.5) is 0 Å². The zero-order chi connectivity index (χ0) is 15.9. The van der Waals surface area contributed by atoms with Gasteiger partial charge in [0.1, 0.15) is 11.2 Å². The molecule has 0 bridgehead atoms. The molecule has 23 heavy (non-hydrogen) atoms. The van der Waals surface area contributed by atoms with Crippen molar-refractivity contribution in [1.29, 1.82) is 0 Å². The highest BCUT2D eigenvalue weighted by atomic mass is 79.9. The van der Waals surface area contributed by atoms with Crippen molar-refractivity contribution in [3.8, 4) is 0 Å². The molecule has 5 nitrogen and oxygen atoms in total. The molecule has 1 aromatic heterocycles. The Bertz CT molecular complexity index is 580. The van der Waals surface area contributed by atoms with Crippen molar-refractivity contribution >= 4 is 21.8 Å². The minimum absolute atomic E-state index is 0.106. The van der Waals surface area contributed by atoms with Gasteiger partial charge in [-0.1, -0.05) is 6.07 Å². The van der Waals surface area contributed by atoms with E-state index in [1.165, 1.54) is 18.4 Å². The number of nitrogens with zero attached hydrogens (tertiary/aromatic N) is 3. The largest absolute Gasteiger partial charge is 0.363 e. The predicted octanol–water partition coefficient (Wildman–Crippen LogP) is 2.20. The molecule has 0 radical (unpaired) electrons. The van der Waals surface area contributed by atoms with Crippen molar-refractivity contribution in [2.75, 3.05) is 26.2 Å². The molecule has 1 aliphatic carbocycles. The minimum atomic E-state index is -0.106. The molecular formula is C17H22BrN3O2. The van der Waals surface area contributed by atoms with Gasteiger partial charge in [0, 0.05) is 31.9 Å². The fourth-order valence-corrected chi connectivity index (χ4v) is 3.87. The monoisotopic (exact) mass is 379 g/mol. The van der Waals surface area contributed by atoms with Crippen LogP contribution in [0.1, 0.15) is 31.2 Å². The van der Waals surface area contributed by atoms with Crippen molar-refractivity contribution in [3.63, 3.8) is 0 Å². The highest BCUT2D eigenvalue weighted by molar-refractivity contribution is 9.10. The molecule has 3 aliphatic rings. The Labute approximate surface area is 145 Å². The summed E-state index contributed by atoms with van der Waals surface area (Å²) in [4.78, 5) is 20.8. The van der Waals surface area contributed by atoms with Gasteiger partial charge in [0.2, 0.25) is 5.91 Å². The number of likely N-dealkylation sites (tertiary alicyclic amines) is 1. The first-order chi connectivity index (χ1) is 11.1. The number of amides is 1. The van der Waals surface area contributed by atoms with Crippen molar-refractivity contribution in [1.82, 2.24) is 14.8 Å². The lowest BCUT2D eigenvalue weighted by Gasteiger charge is -2.47. The fraction of sp³-hybridized carbons (Fsp3) is 0.647. The Morgan fingerprint density at radius 3 is 2.74 bits per heavy atom. The minimum Gasteiger partial charge on any atom is -0.363 e. The van der Waals surface area contributed by atoms with E-state index in [2.05, 4.69) is 36.8 Å². The number of pyridine rings is 1. The van der Waals surface area contributed by atoms with Crippen LogP contribution < -0.4 is 0 Å². The number of carbonyl (C=O) groups excluding carboxylic acids is 1. The number of rotatable bonds is 3. The molecule has 1 amide bonds. The van der Waals surface area contributed by atoms with Gasteiger partial charge in [-0.05, 0) is 53.2 Å². The molecule has 4 rings (SSSR count). The van der Waals surface area contributed by atoms with E-state index in [1.54, 1.807) is 0 Å². The maximum Gasteiger partial charge on any atom is 0.248 e. The van der Waals surface area contributed by atoms with Gasteiger partial charge in [-0.15, -0.1) is 0 Å². The summed E-state index contributed by atoms with van der Waals surface area (Å²) in [5.41, 5.74) is 1.13. The SMILES string of the molecule is O=C1COC2(CCN(Cc3ccc(Br)nc3)CC2)CN1C1CC1. The first-order valence-corrected chi connectivity index (χ1v) is 9.19. The van der Waals surface area contributed by atoms with Crippen LogP contribution in [0.5, 0.6) is 0 Å². The van der Waals surface area contributed by atoms with Crippen molar-refractivity contribution in [3.05, 3.63) is 28.5 Å². The van der Waals surface area contributed by atoms with E-state index in [0.29, 0.717) is 6.04 Å². The van der Waals surface area contributed by atoms with Crippen LogP contribution in [0, 0.1) is 0 Å². The standard InChI is InChI=1S/C17H22BrN3O2/c18-15-4-1-13(9-19-15)10-20-7-5-17(6-8-20)12-21(14-2-3-14)16(22)11-23-17/h1,4,9,14H,2-3,5-8,10-12H2. The number of carbonyl (C=O) groups is 1. The zero-order valence-electron chi connectivity index (χ0n) is 13.2. The van der Waals surface area contributed by atoms with E-state index in [4.69, 9.17) is 4.74 Å². The summed E-state index contributed by atoms with van der Waals surface area (Å²) in [5.74, 6) is 0.182. The second-order valence-electron chi connectivity index (χ2n) is 6.99. The molecule has 2 saturated heterocycles. The average Bonchev–Trinajstić information content (AvgIpc) is 3.39. The van der Waals surface area contributed by atoms with Crippen molar-refractivity contribution in [2.24, 2.45) is 0 Å². The summed E-state index contributed by atoms with van der Waals surface area (Å²) < 4.78 is 6.88. The van der Waals surface area contributed by atoms with Crippen LogP contribution in [0.2, 0.25) is 0 Å².